The van der Waals surface area contributed by atoms with E-state index in [0.29, 0.717) is 11.8 Å². The molecule has 4 heteroatoms. The molecule has 3 aliphatic heterocycles. The van der Waals surface area contributed by atoms with Crippen LogP contribution in [0.3, 0.4) is 0 Å². The molecule has 0 amide bonds. The van der Waals surface area contributed by atoms with E-state index in [1.807, 2.05) is 0 Å². The van der Waals surface area contributed by atoms with Crippen molar-refractivity contribution in [1.82, 2.24) is 9.80 Å². The van der Waals surface area contributed by atoms with E-state index in [4.69, 9.17) is 0 Å². The van der Waals surface area contributed by atoms with Crippen molar-refractivity contribution in [3.63, 3.8) is 0 Å². The number of piperazine rings is 1. The Morgan fingerprint density at radius 2 is 1.28 bits per heavy atom. The summed E-state index contributed by atoms with van der Waals surface area (Å²) in [5, 5.41) is 0. The van der Waals surface area contributed by atoms with Gasteiger partial charge in [0.25, 0.3) is 0 Å². The van der Waals surface area contributed by atoms with Crippen LogP contribution < -0.4 is 9.80 Å². The number of benzene rings is 4. The molecule has 4 aliphatic rings. The highest BCUT2D eigenvalue weighted by atomic mass is 15.3. The Labute approximate surface area is 276 Å². The van der Waals surface area contributed by atoms with E-state index < -0.39 is 0 Å². The van der Waals surface area contributed by atoms with E-state index in [9.17, 15) is 0 Å². The number of aryl methyl sites for hydroxylation is 1. The standard InChI is InChI=1S/C42H50N4/c1-43-22-21-33-11-17-39(29-37(33)31-43)46-27-25-44(26-28-46)30-32-19-23-45(24-20-32)38-15-12-36(13-16-38)42-40-10-6-5-9-35(40)14-18-41(42)34-7-3-2-4-8-34/h2-13,15-17,29,32,41-42H,14,18-28,30-31H2,1H3. The van der Waals surface area contributed by atoms with E-state index in [-0.39, 0.29) is 0 Å². The third kappa shape index (κ3) is 6.22. The summed E-state index contributed by atoms with van der Waals surface area (Å²) >= 11 is 0. The fourth-order valence-corrected chi connectivity index (χ4v) is 8.93. The first-order valence-electron chi connectivity index (χ1n) is 17.9. The maximum atomic E-state index is 2.74. The van der Waals surface area contributed by atoms with Crippen molar-refractivity contribution in [2.24, 2.45) is 5.92 Å². The Balaban J connectivity index is 0.863. The van der Waals surface area contributed by atoms with Gasteiger partial charge >= 0.3 is 0 Å². The number of piperidine rings is 1. The Hall–Kier alpha value is -3.60. The van der Waals surface area contributed by atoms with Crippen LogP contribution in [-0.2, 0) is 19.4 Å². The molecule has 4 aromatic carbocycles. The van der Waals surface area contributed by atoms with Gasteiger partial charge in [-0.3, -0.25) is 4.90 Å². The van der Waals surface area contributed by atoms with Crippen molar-refractivity contribution < 1.29 is 0 Å². The second kappa shape index (κ2) is 13.3. The van der Waals surface area contributed by atoms with Gasteiger partial charge in [-0.2, -0.15) is 0 Å². The highest BCUT2D eigenvalue weighted by molar-refractivity contribution is 5.53. The van der Waals surface area contributed by atoms with Crippen molar-refractivity contribution in [3.8, 4) is 0 Å². The Morgan fingerprint density at radius 3 is 2.09 bits per heavy atom. The quantitative estimate of drug-likeness (QED) is 0.223. The van der Waals surface area contributed by atoms with Gasteiger partial charge in [0.2, 0.25) is 0 Å². The molecule has 3 heterocycles. The first-order valence-corrected chi connectivity index (χ1v) is 17.9. The molecule has 0 radical (unpaired) electrons. The predicted octanol–water partition coefficient (Wildman–Crippen LogP) is 7.58. The lowest BCUT2D eigenvalue weighted by molar-refractivity contribution is 0.201. The molecule has 0 aromatic heterocycles. The molecule has 46 heavy (non-hydrogen) atoms. The molecule has 0 N–H and O–H groups in total. The van der Waals surface area contributed by atoms with Gasteiger partial charge in [-0.1, -0.05) is 72.8 Å². The molecule has 4 nitrogen and oxygen atoms in total. The van der Waals surface area contributed by atoms with E-state index >= 15 is 0 Å². The van der Waals surface area contributed by atoms with Crippen molar-refractivity contribution in [1.29, 1.82) is 0 Å². The van der Waals surface area contributed by atoms with Gasteiger partial charge < -0.3 is 14.7 Å². The minimum absolute atomic E-state index is 0.418. The van der Waals surface area contributed by atoms with E-state index in [1.54, 1.807) is 5.56 Å². The third-order valence-corrected chi connectivity index (χ3v) is 11.6. The second-order valence-corrected chi connectivity index (χ2v) is 14.5. The molecule has 0 saturated carbocycles. The molecule has 2 saturated heterocycles. The smallest absolute Gasteiger partial charge is 0.0370 e. The SMILES string of the molecule is CN1CCc2ccc(N3CCN(CC4CCN(c5ccc(C6c7ccccc7CCC6c6ccccc6)cc5)CC4)CC3)cc2C1. The van der Waals surface area contributed by atoms with Gasteiger partial charge in [-0.25, -0.2) is 0 Å². The second-order valence-electron chi connectivity index (χ2n) is 14.5. The maximum Gasteiger partial charge on any atom is 0.0370 e. The molecular formula is C42H50N4. The number of hydrogen-bond acceptors (Lipinski definition) is 4. The van der Waals surface area contributed by atoms with Gasteiger partial charge in [0.05, 0.1) is 0 Å². The minimum atomic E-state index is 0.418. The third-order valence-electron chi connectivity index (χ3n) is 11.6. The molecule has 8 rings (SSSR count). The van der Waals surface area contributed by atoms with Crippen LogP contribution in [0.15, 0.2) is 97.1 Å². The summed E-state index contributed by atoms with van der Waals surface area (Å²) in [6.45, 7) is 10.6. The summed E-state index contributed by atoms with van der Waals surface area (Å²) in [6, 6.07) is 37.3. The van der Waals surface area contributed by atoms with Crippen LogP contribution in [0, 0.1) is 5.92 Å². The fraction of sp³-hybridized carbons (Fsp3) is 0.429. The lowest BCUT2D eigenvalue weighted by Gasteiger charge is -2.40. The summed E-state index contributed by atoms with van der Waals surface area (Å²) in [4.78, 5) is 10.4. The van der Waals surface area contributed by atoms with Gasteiger partial charge in [0.15, 0.2) is 0 Å². The zero-order valence-electron chi connectivity index (χ0n) is 27.7. The summed E-state index contributed by atoms with van der Waals surface area (Å²) in [7, 11) is 2.24. The largest absolute Gasteiger partial charge is 0.372 e. The van der Waals surface area contributed by atoms with Crippen LogP contribution in [0.25, 0.3) is 0 Å². The van der Waals surface area contributed by atoms with Gasteiger partial charge in [-0.05, 0) is 109 Å². The lowest BCUT2D eigenvalue weighted by Crippen LogP contribution is -2.49. The van der Waals surface area contributed by atoms with Crippen molar-refractivity contribution in [2.45, 2.75) is 50.5 Å². The first-order chi connectivity index (χ1) is 22.7. The number of rotatable bonds is 6. The molecular weight excluding hydrogens is 560 g/mol. The number of fused-ring (bicyclic) bond motifs is 2. The number of anilines is 2. The molecule has 2 fully saturated rings. The molecule has 238 valence electrons. The predicted molar refractivity (Wildman–Crippen MR) is 192 cm³/mol. The normalized spacial score (nSPS) is 22.8. The zero-order valence-corrected chi connectivity index (χ0v) is 27.7. The number of likely N-dealkylation sites (N-methyl/N-ethyl adjacent to an activating group) is 1. The summed E-state index contributed by atoms with van der Waals surface area (Å²) < 4.78 is 0. The average Bonchev–Trinajstić information content (AvgIpc) is 3.12. The van der Waals surface area contributed by atoms with Crippen LogP contribution in [0.5, 0.6) is 0 Å². The summed E-state index contributed by atoms with van der Waals surface area (Å²) in [5.41, 5.74) is 11.9. The van der Waals surface area contributed by atoms with Crippen LogP contribution in [-0.4, -0.2) is 69.2 Å². The maximum absolute atomic E-state index is 2.74. The van der Waals surface area contributed by atoms with E-state index in [0.717, 1.165) is 25.6 Å². The average molecular weight is 611 g/mol. The Bertz CT molecular complexity index is 1600. The van der Waals surface area contributed by atoms with E-state index in [1.165, 1.54) is 111 Å². The van der Waals surface area contributed by atoms with E-state index in [2.05, 4.69) is 124 Å². The summed E-state index contributed by atoms with van der Waals surface area (Å²) in [5.74, 6) is 1.76. The number of hydrogen-bond donors (Lipinski definition) is 0. The van der Waals surface area contributed by atoms with Gasteiger partial charge in [0, 0.05) is 76.2 Å². The van der Waals surface area contributed by atoms with Gasteiger partial charge in [-0.15, -0.1) is 0 Å². The number of nitrogens with zero attached hydrogens (tertiary/aromatic N) is 4. The Morgan fingerprint density at radius 1 is 0.565 bits per heavy atom. The molecule has 2 unspecified atom stereocenters. The fourth-order valence-electron chi connectivity index (χ4n) is 8.93. The first kappa shape index (κ1) is 29.8. The lowest BCUT2D eigenvalue weighted by atomic mass is 9.69. The molecule has 2 atom stereocenters. The molecule has 0 bridgehead atoms. The minimum Gasteiger partial charge on any atom is -0.372 e. The summed E-state index contributed by atoms with van der Waals surface area (Å²) in [6.07, 6.45) is 6.16. The molecule has 4 aromatic rings. The molecule has 1 aliphatic carbocycles. The molecule has 0 spiro atoms. The van der Waals surface area contributed by atoms with Crippen LogP contribution in [0.4, 0.5) is 11.4 Å². The van der Waals surface area contributed by atoms with Crippen molar-refractivity contribution in [3.05, 3.63) is 130 Å². The van der Waals surface area contributed by atoms with Crippen molar-refractivity contribution in [2.75, 3.05) is 69.2 Å². The highest BCUT2D eigenvalue weighted by Crippen LogP contribution is 2.46. The zero-order chi connectivity index (χ0) is 30.9. The highest BCUT2D eigenvalue weighted by Gasteiger charge is 2.32. The Kier molecular flexibility index (Phi) is 8.58. The van der Waals surface area contributed by atoms with Crippen molar-refractivity contribution >= 4 is 11.4 Å². The monoisotopic (exact) mass is 610 g/mol. The van der Waals surface area contributed by atoms with Crippen LogP contribution in [0.1, 0.15) is 64.5 Å². The van der Waals surface area contributed by atoms with Gasteiger partial charge in [0.1, 0.15) is 0 Å². The topological polar surface area (TPSA) is 13.0 Å². The van der Waals surface area contributed by atoms with Crippen LogP contribution >= 0.6 is 0 Å². The van der Waals surface area contributed by atoms with Crippen LogP contribution in [0.2, 0.25) is 0 Å².